The second kappa shape index (κ2) is 16.0. The van der Waals surface area contributed by atoms with Crippen LogP contribution in [-0.4, -0.2) is 79.8 Å². The fraction of sp³-hybridized carbons (Fsp3) is 0.0625. The maximum Gasteiger partial charge on any atom is 0.296 e. The first-order chi connectivity index (χ1) is 28.4. The van der Waals surface area contributed by atoms with Crippen molar-refractivity contribution >= 4 is 103 Å². The van der Waals surface area contributed by atoms with Gasteiger partial charge in [-0.05, 0) is 78.2 Å². The van der Waals surface area contributed by atoms with Gasteiger partial charge >= 0.3 is 0 Å². The molecule has 1 unspecified atom stereocenters. The molecule has 1 amide bonds. The van der Waals surface area contributed by atoms with Gasteiger partial charge in [0.15, 0.2) is 17.5 Å². The van der Waals surface area contributed by atoms with Crippen LogP contribution in [0.4, 0.5) is 39.8 Å². The Hall–Kier alpha value is -6.86. The zero-order valence-electron chi connectivity index (χ0n) is 30.0. The van der Waals surface area contributed by atoms with Crippen LogP contribution >= 0.6 is 0 Å². The number of aromatic hydroxyl groups is 2. The second-order valence-electron chi connectivity index (χ2n) is 12.3. The third kappa shape index (κ3) is 9.02. The van der Waals surface area contributed by atoms with E-state index in [4.69, 9.17) is 0 Å². The Kier molecular flexibility index (Phi) is 11.4. The van der Waals surface area contributed by atoms with Crippen molar-refractivity contribution in [3.05, 3.63) is 83.8 Å². The van der Waals surface area contributed by atoms with E-state index in [9.17, 15) is 71.8 Å². The van der Waals surface area contributed by atoms with Gasteiger partial charge in [-0.2, -0.15) is 54.0 Å². The number of azo groups is 3. The molecule has 25 nitrogen and oxygen atoms in total. The van der Waals surface area contributed by atoms with E-state index in [0.29, 0.717) is 23.9 Å². The number of phenolic OH excluding ortho intramolecular Hbond substituents is 2. The lowest BCUT2D eigenvalue weighted by molar-refractivity contribution is -0.117. The van der Waals surface area contributed by atoms with Crippen LogP contribution < -0.4 is 5.01 Å². The minimum atomic E-state index is -5.48. The van der Waals surface area contributed by atoms with Crippen molar-refractivity contribution in [1.29, 1.82) is 0 Å². The van der Waals surface area contributed by atoms with E-state index in [1.807, 2.05) is 0 Å². The average molecular weight is 918 g/mol. The summed E-state index contributed by atoms with van der Waals surface area (Å²) >= 11 is 0. The highest BCUT2D eigenvalue weighted by atomic mass is 32.2. The highest BCUT2D eigenvalue weighted by molar-refractivity contribution is 7.86. The molecule has 0 saturated heterocycles. The molecule has 6 rings (SSSR count). The molecule has 0 aliphatic carbocycles. The van der Waals surface area contributed by atoms with Crippen molar-refractivity contribution in [2.75, 3.05) is 5.01 Å². The molecule has 316 valence electrons. The van der Waals surface area contributed by atoms with Crippen molar-refractivity contribution in [3.63, 3.8) is 0 Å². The number of fused-ring (bicyclic) bond motifs is 1. The third-order valence-corrected chi connectivity index (χ3v) is 11.8. The maximum atomic E-state index is 13.0. The van der Waals surface area contributed by atoms with Gasteiger partial charge in [0.05, 0.1) is 22.5 Å². The molecular weight excluding hydrogens is 895 g/mol. The van der Waals surface area contributed by atoms with E-state index < -0.39 is 123 Å². The Labute approximate surface area is 342 Å². The molecule has 5 aromatic carbocycles. The summed E-state index contributed by atoms with van der Waals surface area (Å²) < 4.78 is 138. The lowest BCUT2D eigenvalue weighted by atomic mass is 10.1. The molecule has 0 spiro atoms. The van der Waals surface area contributed by atoms with Gasteiger partial charge in [0.25, 0.3) is 46.4 Å². The zero-order chi connectivity index (χ0) is 44.8. The predicted octanol–water partition coefficient (Wildman–Crippen LogP) is 6.34. The fourth-order valence-electron chi connectivity index (χ4n) is 5.53. The molecule has 29 heteroatoms. The van der Waals surface area contributed by atoms with Crippen molar-refractivity contribution in [3.8, 4) is 11.5 Å². The van der Waals surface area contributed by atoms with Crippen LogP contribution in [0.3, 0.4) is 0 Å². The number of hydrogen-bond acceptors (Lipinski definition) is 20. The number of carbonyl (C=O) groups excluding carboxylic acids is 1. The molecule has 6 N–H and O–H groups in total. The molecule has 5 aromatic rings. The minimum Gasteiger partial charge on any atom is -0.505 e. The topological polar surface area (TPSA) is 394 Å². The summed E-state index contributed by atoms with van der Waals surface area (Å²) in [4.78, 5) is 19.2. The quantitative estimate of drug-likeness (QED) is 0.0451. The predicted molar refractivity (Wildman–Crippen MR) is 209 cm³/mol. The number of amides is 1. The summed E-state index contributed by atoms with van der Waals surface area (Å²) in [6, 6.07) is 12.9. The first kappa shape index (κ1) is 43.7. The molecule has 1 atom stereocenters. The standard InChI is InChI=1S/C32H23N9O16S4/c1-15-27(32(44)41(39-15)19-5-3-2-4-6-19)36-33-17-7-9-20(22(13-17)58(46,47)48)34-37-28-24(60(52,53)54)11-16-12-25(61(55,56)57)29(31(43)26(16)30(28)42)38-35-21-10-8-18(40-45)14-23(21)59(49,50)51/h2-14,27,42-43H,1H3,(H,46,47,48)(H,49,50,51)(H,52,53,54)(H,55,56,57)/b36-33+,37-34+,38-35+. The summed E-state index contributed by atoms with van der Waals surface area (Å²) in [5.74, 6) is -3.42. The van der Waals surface area contributed by atoms with Gasteiger partial charge in [0.1, 0.15) is 48.0 Å². The van der Waals surface area contributed by atoms with Crippen molar-refractivity contribution < 1.29 is 66.9 Å². The molecular formula is C32H23N9O16S4. The van der Waals surface area contributed by atoms with Crippen LogP contribution in [0.5, 0.6) is 11.5 Å². The van der Waals surface area contributed by atoms with Gasteiger partial charge < -0.3 is 10.2 Å². The number of carbonyl (C=O) groups is 1. The number of benzene rings is 5. The van der Waals surface area contributed by atoms with E-state index in [-0.39, 0.29) is 11.4 Å². The van der Waals surface area contributed by atoms with Gasteiger partial charge in [-0.1, -0.05) is 18.2 Å². The van der Waals surface area contributed by atoms with E-state index in [1.54, 1.807) is 30.3 Å². The normalized spacial score (nSPS) is 15.4. The number of hydrogen-bond donors (Lipinski definition) is 6. The largest absolute Gasteiger partial charge is 0.505 e. The van der Waals surface area contributed by atoms with E-state index in [1.165, 1.54) is 6.92 Å². The third-order valence-electron chi connectivity index (χ3n) is 8.26. The Bertz CT molecular complexity index is 3290. The van der Waals surface area contributed by atoms with Crippen molar-refractivity contribution in [2.24, 2.45) is 41.0 Å². The maximum absolute atomic E-state index is 13.0. The molecule has 0 saturated carbocycles. The van der Waals surface area contributed by atoms with Gasteiger partial charge in [-0.15, -0.1) is 25.4 Å². The van der Waals surface area contributed by atoms with Gasteiger partial charge in [0, 0.05) is 0 Å². The Morgan fingerprint density at radius 2 is 1.05 bits per heavy atom. The van der Waals surface area contributed by atoms with Crippen LogP contribution in [0.1, 0.15) is 6.92 Å². The van der Waals surface area contributed by atoms with Crippen LogP contribution in [0.25, 0.3) is 10.8 Å². The molecule has 0 fully saturated rings. The number of para-hydroxylation sites is 1. The van der Waals surface area contributed by atoms with Crippen LogP contribution in [0.2, 0.25) is 0 Å². The first-order valence-corrected chi connectivity index (χ1v) is 21.9. The van der Waals surface area contributed by atoms with Gasteiger partial charge in [-0.25, -0.2) is 0 Å². The number of phenols is 2. The zero-order valence-corrected chi connectivity index (χ0v) is 33.3. The molecule has 0 radical (unpaired) electrons. The highest BCUT2D eigenvalue weighted by Crippen LogP contribution is 2.50. The van der Waals surface area contributed by atoms with E-state index in [0.717, 1.165) is 35.3 Å². The van der Waals surface area contributed by atoms with E-state index in [2.05, 4.69) is 41.0 Å². The number of rotatable bonds is 12. The lowest BCUT2D eigenvalue weighted by Gasteiger charge is -2.13. The molecule has 0 aromatic heterocycles. The second-order valence-corrected chi connectivity index (χ2v) is 17.8. The summed E-state index contributed by atoms with van der Waals surface area (Å²) in [6.45, 7) is 1.50. The Morgan fingerprint density at radius 1 is 0.590 bits per heavy atom. The summed E-state index contributed by atoms with van der Waals surface area (Å²) in [6.07, 6.45) is 0. The summed E-state index contributed by atoms with van der Waals surface area (Å²) in [5.41, 5.74) is -4.11. The van der Waals surface area contributed by atoms with E-state index >= 15 is 0 Å². The number of nitrogens with zero attached hydrogens (tertiary/aromatic N) is 9. The Morgan fingerprint density at radius 3 is 1.51 bits per heavy atom. The minimum absolute atomic E-state index is 0.229. The Balaban J connectivity index is 1.46. The first-order valence-electron chi connectivity index (χ1n) is 16.2. The highest BCUT2D eigenvalue weighted by Gasteiger charge is 2.35. The van der Waals surface area contributed by atoms with Crippen molar-refractivity contribution in [2.45, 2.75) is 32.5 Å². The average Bonchev–Trinajstić information content (AvgIpc) is 3.46. The SMILES string of the molecule is CC1=NN(c2ccccc2)C(=O)C1/N=N/c1ccc(/N=N/c2c(S(=O)(=O)O)cc3cc(S(=O)(=O)O)c(/N=N/c4ccc(N=O)cc4S(=O)(=O)O)c(O)c3c2O)c(S(=O)(=O)O)c1. The van der Waals surface area contributed by atoms with Crippen LogP contribution in [0, 0.1) is 4.91 Å². The van der Waals surface area contributed by atoms with Gasteiger partial charge in [-0.3, -0.25) is 23.0 Å². The molecule has 61 heavy (non-hydrogen) atoms. The molecule has 1 heterocycles. The fourth-order valence-corrected chi connectivity index (χ4v) is 8.13. The summed E-state index contributed by atoms with van der Waals surface area (Å²) in [5, 5.41) is 50.5. The number of nitroso groups, excluding NO2 is 1. The number of hydrazone groups is 1. The summed E-state index contributed by atoms with van der Waals surface area (Å²) in [7, 11) is -21.3. The van der Waals surface area contributed by atoms with Crippen LogP contribution in [0.15, 0.2) is 139 Å². The lowest BCUT2D eigenvalue weighted by Crippen LogP contribution is -2.29. The molecule has 1 aliphatic rings. The molecule has 1 aliphatic heterocycles. The monoisotopic (exact) mass is 917 g/mol. The van der Waals surface area contributed by atoms with Gasteiger partial charge in [0.2, 0.25) is 0 Å². The number of anilines is 1. The van der Waals surface area contributed by atoms with Crippen LogP contribution in [-0.2, 0) is 45.3 Å². The smallest absolute Gasteiger partial charge is 0.296 e. The van der Waals surface area contributed by atoms with Crippen molar-refractivity contribution in [1.82, 2.24) is 0 Å². The molecule has 0 bridgehead atoms.